The minimum absolute atomic E-state index is 0.0848. The maximum Gasteiger partial charge on any atom is 0.315 e. The SMILES string of the molecule is CC1CCN(C(C)CNC(=O)NCc2ccccc2CN2CCOCC2)CC1. The number of hydrogen-bond donors (Lipinski definition) is 2. The number of likely N-dealkylation sites (tertiary alicyclic amines) is 1. The fraction of sp³-hybridized carbons (Fsp3) is 0.682. The molecule has 2 N–H and O–H groups in total. The van der Waals surface area contributed by atoms with Crippen molar-refractivity contribution in [1.29, 1.82) is 0 Å². The third-order valence-electron chi connectivity index (χ3n) is 6.06. The van der Waals surface area contributed by atoms with E-state index in [2.05, 4.69) is 52.5 Å². The predicted molar refractivity (Wildman–Crippen MR) is 112 cm³/mol. The normalized spacial score (nSPS) is 20.6. The van der Waals surface area contributed by atoms with Crippen molar-refractivity contribution in [3.63, 3.8) is 0 Å². The van der Waals surface area contributed by atoms with Crippen molar-refractivity contribution in [3.8, 4) is 0 Å². The van der Waals surface area contributed by atoms with Crippen LogP contribution in [0, 0.1) is 5.92 Å². The maximum atomic E-state index is 12.3. The molecule has 1 unspecified atom stereocenters. The van der Waals surface area contributed by atoms with Crippen LogP contribution in [0.1, 0.15) is 37.8 Å². The van der Waals surface area contributed by atoms with Crippen LogP contribution in [-0.4, -0.2) is 67.8 Å². The number of urea groups is 1. The number of rotatable bonds is 7. The molecule has 0 aliphatic carbocycles. The largest absolute Gasteiger partial charge is 0.379 e. The van der Waals surface area contributed by atoms with E-state index in [1.165, 1.54) is 24.0 Å². The van der Waals surface area contributed by atoms with Gasteiger partial charge < -0.3 is 15.4 Å². The fourth-order valence-electron chi connectivity index (χ4n) is 3.96. The van der Waals surface area contributed by atoms with Gasteiger partial charge in [0.05, 0.1) is 13.2 Å². The second kappa shape index (κ2) is 10.8. The number of morpholine rings is 1. The zero-order valence-corrected chi connectivity index (χ0v) is 17.5. The number of piperidine rings is 1. The summed E-state index contributed by atoms with van der Waals surface area (Å²) in [5.74, 6) is 0.831. The molecule has 1 aromatic rings. The van der Waals surface area contributed by atoms with Crippen molar-refractivity contribution in [2.24, 2.45) is 5.92 Å². The number of hydrogen-bond acceptors (Lipinski definition) is 4. The number of carbonyl (C=O) groups is 1. The van der Waals surface area contributed by atoms with Gasteiger partial charge >= 0.3 is 6.03 Å². The molecule has 1 atom stereocenters. The molecule has 3 rings (SSSR count). The number of nitrogens with one attached hydrogen (secondary N) is 2. The molecule has 2 heterocycles. The minimum Gasteiger partial charge on any atom is -0.379 e. The summed E-state index contributed by atoms with van der Waals surface area (Å²) >= 11 is 0. The fourth-order valence-corrected chi connectivity index (χ4v) is 3.96. The van der Waals surface area contributed by atoms with E-state index in [1.807, 2.05) is 6.07 Å². The molecular weight excluding hydrogens is 352 g/mol. The Morgan fingerprint density at radius 1 is 1.11 bits per heavy atom. The minimum atomic E-state index is -0.0848. The molecule has 0 aromatic heterocycles. The molecule has 0 bridgehead atoms. The third kappa shape index (κ3) is 6.47. The Morgan fingerprint density at radius 3 is 2.50 bits per heavy atom. The predicted octanol–water partition coefficient (Wildman–Crippen LogP) is 2.44. The zero-order valence-electron chi connectivity index (χ0n) is 17.5. The van der Waals surface area contributed by atoms with E-state index in [0.29, 0.717) is 19.1 Å². The van der Waals surface area contributed by atoms with Crippen LogP contribution < -0.4 is 10.6 Å². The summed E-state index contributed by atoms with van der Waals surface area (Å²) < 4.78 is 5.43. The molecule has 28 heavy (non-hydrogen) atoms. The first-order valence-corrected chi connectivity index (χ1v) is 10.7. The van der Waals surface area contributed by atoms with Crippen molar-refractivity contribution in [1.82, 2.24) is 20.4 Å². The van der Waals surface area contributed by atoms with Crippen LogP contribution in [0.2, 0.25) is 0 Å². The Balaban J connectivity index is 1.41. The standard InChI is InChI=1S/C22H36N4O2/c1-18-7-9-26(10-8-18)19(2)15-23-22(27)24-16-20-5-3-4-6-21(20)17-25-11-13-28-14-12-25/h3-6,18-19H,7-17H2,1-2H3,(H2,23,24,27). The zero-order chi connectivity index (χ0) is 19.8. The van der Waals surface area contributed by atoms with Gasteiger partial charge in [-0.25, -0.2) is 4.79 Å². The molecule has 2 aliphatic heterocycles. The highest BCUT2D eigenvalue weighted by Crippen LogP contribution is 2.17. The summed E-state index contributed by atoms with van der Waals surface area (Å²) in [5.41, 5.74) is 2.46. The molecule has 2 saturated heterocycles. The van der Waals surface area contributed by atoms with Crippen LogP contribution in [0.3, 0.4) is 0 Å². The summed E-state index contributed by atoms with van der Waals surface area (Å²) in [6, 6.07) is 8.67. The second-order valence-corrected chi connectivity index (χ2v) is 8.29. The molecule has 2 aliphatic rings. The number of amides is 2. The number of carbonyl (C=O) groups excluding carboxylic acids is 1. The van der Waals surface area contributed by atoms with Gasteiger partial charge in [-0.2, -0.15) is 0 Å². The summed E-state index contributed by atoms with van der Waals surface area (Å²) in [6.45, 7) is 12.5. The first kappa shape index (κ1) is 21.1. The van der Waals surface area contributed by atoms with Gasteiger partial charge in [-0.3, -0.25) is 9.80 Å². The Bertz CT molecular complexity index is 610. The van der Waals surface area contributed by atoms with Gasteiger partial charge in [0.25, 0.3) is 0 Å². The van der Waals surface area contributed by atoms with Crippen molar-refractivity contribution in [3.05, 3.63) is 35.4 Å². The molecule has 0 radical (unpaired) electrons. The Morgan fingerprint density at radius 2 is 1.79 bits per heavy atom. The summed E-state index contributed by atoms with van der Waals surface area (Å²) in [6.07, 6.45) is 2.52. The van der Waals surface area contributed by atoms with Crippen LogP contribution in [0.5, 0.6) is 0 Å². The third-order valence-corrected chi connectivity index (χ3v) is 6.06. The smallest absolute Gasteiger partial charge is 0.315 e. The lowest BCUT2D eigenvalue weighted by molar-refractivity contribution is 0.0341. The number of benzene rings is 1. The van der Waals surface area contributed by atoms with Gasteiger partial charge in [-0.05, 0) is 49.9 Å². The van der Waals surface area contributed by atoms with E-state index < -0.39 is 0 Å². The monoisotopic (exact) mass is 388 g/mol. The van der Waals surface area contributed by atoms with Gasteiger partial charge in [-0.1, -0.05) is 31.2 Å². The molecule has 0 spiro atoms. The first-order valence-electron chi connectivity index (χ1n) is 10.7. The van der Waals surface area contributed by atoms with Gasteiger partial charge in [0, 0.05) is 38.8 Å². The van der Waals surface area contributed by atoms with Crippen LogP contribution in [-0.2, 0) is 17.8 Å². The van der Waals surface area contributed by atoms with Gasteiger partial charge in [0.15, 0.2) is 0 Å². The maximum absolute atomic E-state index is 12.3. The van der Waals surface area contributed by atoms with E-state index in [-0.39, 0.29) is 6.03 Å². The Kier molecular flexibility index (Phi) is 8.13. The topological polar surface area (TPSA) is 56.8 Å². The van der Waals surface area contributed by atoms with E-state index in [0.717, 1.165) is 51.9 Å². The lowest BCUT2D eigenvalue weighted by Crippen LogP contribution is -2.47. The van der Waals surface area contributed by atoms with Gasteiger partial charge in [0.1, 0.15) is 0 Å². The molecule has 0 saturated carbocycles. The molecule has 1 aromatic carbocycles. The Hall–Kier alpha value is -1.63. The van der Waals surface area contributed by atoms with Crippen LogP contribution >= 0.6 is 0 Å². The summed E-state index contributed by atoms with van der Waals surface area (Å²) in [4.78, 5) is 17.2. The lowest BCUT2D eigenvalue weighted by atomic mass is 9.98. The van der Waals surface area contributed by atoms with Gasteiger partial charge in [-0.15, -0.1) is 0 Å². The molecule has 6 heteroatoms. The van der Waals surface area contributed by atoms with Crippen LogP contribution in [0.15, 0.2) is 24.3 Å². The average Bonchev–Trinajstić information content (AvgIpc) is 2.72. The quantitative estimate of drug-likeness (QED) is 0.753. The molecule has 6 nitrogen and oxygen atoms in total. The highest BCUT2D eigenvalue weighted by molar-refractivity contribution is 5.73. The van der Waals surface area contributed by atoms with Crippen molar-refractivity contribution >= 4 is 6.03 Å². The van der Waals surface area contributed by atoms with E-state index in [4.69, 9.17) is 4.74 Å². The molecule has 156 valence electrons. The van der Waals surface area contributed by atoms with E-state index >= 15 is 0 Å². The van der Waals surface area contributed by atoms with Crippen molar-refractivity contribution in [2.45, 2.75) is 45.8 Å². The Labute approximate surface area is 169 Å². The van der Waals surface area contributed by atoms with Crippen LogP contribution in [0.4, 0.5) is 4.79 Å². The highest BCUT2D eigenvalue weighted by Gasteiger charge is 2.20. The van der Waals surface area contributed by atoms with Crippen molar-refractivity contribution < 1.29 is 9.53 Å². The van der Waals surface area contributed by atoms with E-state index in [1.54, 1.807) is 0 Å². The van der Waals surface area contributed by atoms with Crippen LogP contribution in [0.25, 0.3) is 0 Å². The van der Waals surface area contributed by atoms with Crippen molar-refractivity contribution in [2.75, 3.05) is 45.9 Å². The second-order valence-electron chi connectivity index (χ2n) is 8.29. The number of ether oxygens (including phenoxy) is 1. The van der Waals surface area contributed by atoms with Gasteiger partial charge in [0.2, 0.25) is 0 Å². The number of nitrogens with zero attached hydrogens (tertiary/aromatic N) is 2. The molecular formula is C22H36N4O2. The average molecular weight is 389 g/mol. The van der Waals surface area contributed by atoms with E-state index in [9.17, 15) is 4.79 Å². The lowest BCUT2D eigenvalue weighted by Gasteiger charge is -2.35. The first-order chi connectivity index (χ1) is 13.6. The molecule has 2 fully saturated rings. The summed E-state index contributed by atoms with van der Waals surface area (Å²) in [5, 5.41) is 6.07. The molecule has 2 amide bonds. The summed E-state index contributed by atoms with van der Waals surface area (Å²) in [7, 11) is 0. The highest BCUT2D eigenvalue weighted by atomic mass is 16.5.